The summed E-state index contributed by atoms with van der Waals surface area (Å²) in [4.78, 5) is 15.3. The molecule has 0 radical (unpaired) electrons. The van der Waals surface area contributed by atoms with E-state index < -0.39 is 32.0 Å². The summed E-state index contributed by atoms with van der Waals surface area (Å²) in [5, 5.41) is 11.1. The van der Waals surface area contributed by atoms with Crippen LogP contribution in [0.5, 0.6) is 0 Å². The van der Waals surface area contributed by atoms with E-state index in [1.165, 1.54) is 25.1 Å². The van der Waals surface area contributed by atoms with Gasteiger partial charge in [0, 0.05) is 10.0 Å². The average Bonchev–Trinajstić information content (AvgIpc) is 3.20. The van der Waals surface area contributed by atoms with Gasteiger partial charge in [0.2, 0.25) is 0 Å². The molecule has 2 aliphatic rings. The molecule has 23 heavy (non-hydrogen) atoms. The van der Waals surface area contributed by atoms with E-state index in [0.717, 1.165) is 0 Å². The molecule has 124 valence electrons. The van der Waals surface area contributed by atoms with Crippen LogP contribution in [0.3, 0.4) is 0 Å². The highest BCUT2D eigenvalue weighted by molar-refractivity contribution is 9.10. The van der Waals surface area contributed by atoms with Crippen LogP contribution in [0.1, 0.15) is 25.3 Å². The smallest absolute Gasteiger partial charge is 0.410 e. The molecule has 3 rings (SSSR count). The Morgan fingerprint density at radius 3 is 2.65 bits per heavy atom. The van der Waals surface area contributed by atoms with Gasteiger partial charge in [-0.1, -0.05) is 15.9 Å². The minimum Gasteiger partial charge on any atom is -0.465 e. The third-order valence-corrected chi connectivity index (χ3v) is 7.52. The number of amidine groups is 1. The molecule has 0 bridgehead atoms. The van der Waals surface area contributed by atoms with Crippen molar-refractivity contribution in [3.05, 3.63) is 34.1 Å². The molecular formula is C14H14BrFN2O4S. The number of amides is 1. The Hall–Kier alpha value is -1.48. The van der Waals surface area contributed by atoms with E-state index in [9.17, 15) is 17.6 Å². The SMILES string of the molecule is CC1(c2cc(Br)ccc2F)CS(=O)(=O)C2(CC2)C(NC(=O)O)=N1. The van der Waals surface area contributed by atoms with Crippen molar-refractivity contribution in [1.29, 1.82) is 0 Å². The lowest BCUT2D eigenvalue weighted by Crippen LogP contribution is -2.53. The highest BCUT2D eigenvalue weighted by atomic mass is 79.9. The van der Waals surface area contributed by atoms with Gasteiger partial charge in [0.15, 0.2) is 9.84 Å². The lowest BCUT2D eigenvalue weighted by Gasteiger charge is -2.35. The second-order valence-electron chi connectivity index (χ2n) is 6.04. The Kier molecular flexibility index (Phi) is 3.57. The number of sulfone groups is 1. The van der Waals surface area contributed by atoms with Crippen molar-refractivity contribution in [3.8, 4) is 0 Å². The molecule has 1 aromatic rings. The van der Waals surface area contributed by atoms with Gasteiger partial charge in [-0.05, 0) is 38.0 Å². The number of carboxylic acid groups (broad SMARTS) is 1. The van der Waals surface area contributed by atoms with Gasteiger partial charge in [-0.15, -0.1) is 0 Å². The number of halogens is 2. The van der Waals surface area contributed by atoms with Crippen molar-refractivity contribution >= 4 is 37.7 Å². The minimum absolute atomic E-state index is 0.107. The maximum absolute atomic E-state index is 14.2. The van der Waals surface area contributed by atoms with Crippen molar-refractivity contribution in [2.75, 3.05) is 5.75 Å². The van der Waals surface area contributed by atoms with Gasteiger partial charge in [-0.25, -0.2) is 17.6 Å². The van der Waals surface area contributed by atoms with Gasteiger partial charge in [-0.2, -0.15) is 0 Å². The largest absolute Gasteiger partial charge is 0.465 e. The van der Waals surface area contributed by atoms with Crippen LogP contribution in [0.25, 0.3) is 0 Å². The Bertz CT molecular complexity index is 835. The fraction of sp³-hybridized carbons (Fsp3) is 0.429. The molecule has 0 saturated heterocycles. The van der Waals surface area contributed by atoms with Crippen LogP contribution in [0, 0.1) is 5.82 Å². The molecule has 1 atom stereocenters. The summed E-state index contributed by atoms with van der Waals surface area (Å²) >= 11 is 3.23. The molecule has 1 unspecified atom stereocenters. The second kappa shape index (κ2) is 5.01. The number of rotatable bonds is 1. The third-order valence-electron chi connectivity index (χ3n) is 4.29. The predicted molar refractivity (Wildman–Crippen MR) is 85.8 cm³/mol. The number of aliphatic imine (C=N–C) groups is 1. The van der Waals surface area contributed by atoms with Gasteiger partial charge >= 0.3 is 6.09 Å². The Balaban J connectivity index is 2.19. The van der Waals surface area contributed by atoms with Gasteiger partial charge in [-0.3, -0.25) is 10.3 Å². The van der Waals surface area contributed by atoms with Crippen LogP contribution >= 0.6 is 15.9 Å². The van der Waals surface area contributed by atoms with E-state index in [0.29, 0.717) is 17.3 Å². The standard InChI is InChI=1S/C14H14BrFN2O4S/c1-13(9-6-8(15)2-3-10(9)16)7-23(21,22)14(4-5-14)11(18-13)17-12(19)20/h2-3,6H,4-5,7H2,1H3,(H,17,18)(H,19,20). The lowest BCUT2D eigenvalue weighted by atomic mass is 9.93. The fourth-order valence-corrected chi connectivity index (χ4v) is 5.70. The van der Waals surface area contributed by atoms with E-state index in [1.54, 1.807) is 0 Å². The Labute approximate surface area is 140 Å². The topological polar surface area (TPSA) is 95.8 Å². The summed E-state index contributed by atoms with van der Waals surface area (Å²) in [5.74, 6) is -1.06. The lowest BCUT2D eigenvalue weighted by molar-refractivity contribution is 0.200. The molecule has 1 amide bonds. The molecule has 0 aromatic heterocycles. The molecule has 9 heteroatoms. The van der Waals surface area contributed by atoms with Crippen LogP contribution < -0.4 is 5.32 Å². The number of nitrogens with one attached hydrogen (secondary N) is 1. The zero-order valence-corrected chi connectivity index (χ0v) is 14.5. The van der Waals surface area contributed by atoms with E-state index >= 15 is 0 Å². The molecule has 1 aliphatic carbocycles. The second-order valence-corrected chi connectivity index (χ2v) is 9.26. The first-order chi connectivity index (χ1) is 10.6. The van der Waals surface area contributed by atoms with Crippen LogP contribution in [0.4, 0.5) is 9.18 Å². The van der Waals surface area contributed by atoms with Gasteiger partial charge < -0.3 is 5.11 Å². The van der Waals surface area contributed by atoms with E-state index in [2.05, 4.69) is 26.2 Å². The highest BCUT2D eigenvalue weighted by Crippen LogP contribution is 2.51. The van der Waals surface area contributed by atoms with Crippen LogP contribution in [0.15, 0.2) is 27.7 Å². The Morgan fingerprint density at radius 1 is 1.43 bits per heavy atom. The van der Waals surface area contributed by atoms with E-state index in [-0.39, 0.29) is 17.2 Å². The molecule has 1 aliphatic heterocycles. The summed E-state index contributed by atoms with van der Waals surface area (Å²) in [6.45, 7) is 1.49. The van der Waals surface area contributed by atoms with E-state index in [1.807, 2.05) is 0 Å². The third kappa shape index (κ3) is 2.55. The zero-order valence-electron chi connectivity index (χ0n) is 12.1. The first-order valence-electron chi connectivity index (χ1n) is 6.88. The van der Waals surface area contributed by atoms with Crippen molar-refractivity contribution in [2.45, 2.75) is 30.1 Å². The van der Waals surface area contributed by atoms with Crippen LogP contribution in [-0.2, 0) is 15.4 Å². The first-order valence-corrected chi connectivity index (χ1v) is 9.32. The quantitative estimate of drug-likeness (QED) is 0.750. The highest BCUT2D eigenvalue weighted by Gasteiger charge is 2.63. The summed E-state index contributed by atoms with van der Waals surface area (Å²) in [5.41, 5.74) is -1.28. The minimum atomic E-state index is -3.67. The molecule has 1 spiro atoms. The first kappa shape index (κ1) is 16.4. The Morgan fingerprint density at radius 2 is 2.09 bits per heavy atom. The van der Waals surface area contributed by atoms with Crippen LogP contribution in [-0.4, -0.2) is 36.0 Å². The molecular weight excluding hydrogens is 391 g/mol. The molecule has 1 saturated carbocycles. The fourth-order valence-electron chi connectivity index (χ4n) is 2.99. The molecule has 1 aromatic carbocycles. The molecule has 2 N–H and O–H groups in total. The molecule has 1 fully saturated rings. The number of carbonyl (C=O) groups is 1. The average molecular weight is 405 g/mol. The number of nitrogens with zero attached hydrogens (tertiary/aromatic N) is 1. The van der Waals surface area contributed by atoms with Crippen molar-refractivity contribution < 1.29 is 22.7 Å². The maximum Gasteiger partial charge on any atom is 0.410 e. The maximum atomic E-state index is 14.2. The number of benzene rings is 1. The van der Waals surface area contributed by atoms with E-state index in [4.69, 9.17) is 5.11 Å². The van der Waals surface area contributed by atoms with Gasteiger partial charge in [0.05, 0.1) is 5.75 Å². The van der Waals surface area contributed by atoms with Crippen molar-refractivity contribution in [1.82, 2.24) is 5.32 Å². The van der Waals surface area contributed by atoms with Gasteiger partial charge in [0.1, 0.15) is 21.9 Å². The van der Waals surface area contributed by atoms with Crippen molar-refractivity contribution in [2.24, 2.45) is 4.99 Å². The van der Waals surface area contributed by atoms with Gasteiger partial charge in [0.25, 0.3) is 0 Å². The van der Waals surface area contributed by atoms with Crippen LogP contribution in [0.2, 0.25) is 0 Å². The zero-order chi connectivity index (χ0) is 17.0. The van der Waals surface area contributed by atoms with Crippen molar-refractivity contribution in [3.63, 3.8) is 0 Å². The summed E-state index contributed by atoms with van der Waals surface area (Å²) < 4.78 is 38.9. The normalized spacial score (nSPS) is 27.3. The summed E-state index contributed by atoms with van der Waals surface area (Å²) in [7, 11) is -3.67. The molecule has 1 heterocycles. The number of hydrogen-bond donors (Lipinski definition) is 2. The molecule has 6 nitrogen and oxygen atoms in total. The summed E-state index contributed by atoms with van der Waals surface area (Å²) in [6.07, 6.45) is -0.735. The predicted octanol–water partition coefficient (Wildman–Crippen LogP) is 2.43. The summed E-state index contributed by atoms with van der Waals surface area (Å²) in [6, 6.07) is 4.19. The number of hydrogen-bond acceptors (Lipinski definition) is 4. The monoisotopic (exact) mass is 404 g/mol.